The highest BCUT2D eigenvalue weighted by atomic mass is 19.4. The van der Waals surface area contributed by atoms with E-state index < -0.39 is 23.7 Å². The first-order chi connectivity index (χ1) is 14.7. The highest BCUT2D eigenvalue weighted by Crippen LogP contribution is 2.51. The third kappa shape index (κ3) is 5.36. The maximum atomic E-state index is 14.2. The SMILES string of the molecule is CCC1CCC(C2CCC3CC(c4cc(F)c(OC(F)(F)F)c(F)c4)CCC3C2)CC1. The Kier molecular flexibility index (Phi) is 6.83. The quantitative estimate of drug-likeness (QED) is 0.424. The van der Waals surface area contributed by atoms with E-state index in [2.05, 4.69) is 11.7 Å². The summed E-state index contributed by atoms with van der Waals surface area (Å²) in [5.41, 5.74) is 0.461. The lowest BCUT2D eigenvalue weighted by Gasteiger charge is -2.45. The van der Waals surface area contributed by atoms with E-state index in [9.17, 15) is 22.0 Å². The van der Waals surface area contributed by atoms with Crippen LogP contribution in [0.1, 0.15) is 89.0 Å². The van der Waals surface area contributed by atoms with Crippen LogP contribution >= 0.6 is 0 Å². The lowest BCUT2D eigenvalue weighted by Crippen LogP contribution is -2.34. The Labute approximate surface area is 181 Å². The minimum Gasteiger partial charge on any atom is -0.399 e. The van der Waals surface area contributed by atoms with E-state index in [0.717, 1.165) is 49.1 Å². The predicted molar refractivity (Wildman–Crippen MR) is 110 cm³/mol. The lowest BCUT2D eigenvalue weighted by atomic mass is 9.60. The first-order valence-electron chi connectivity index (χ1n) is 12.0. The molecule has 1 aromatic rings. The second-order valence-electron chi connectivity index (χ2n) is 10.2. The van der Waals surface area contributed by atoms with Crippen molar-refractivity contribution in [2.24, 2.45) is 29.6 Å². The van der Waals surface area contributed by atoms with Crippen LogP contribution in [-0.2, 0) is 0 Å². The maximum Gasteiger partial charge on any atom is 0.573 e. The van der Waals surface area contributed by atoms with Gasteiger partial charge in [-0.15, -0.1) is 13.2 Å². The Bertz CT molecular complexity index is 730. The Hall–Kier alpha value is -1.33. The largest absolute Gasteiger partial charge is 0.573 e. The molecule has 6 heteroatoms. The zero-order valence-corrected chi connectivity index (χ0v) is 18.2. The molecule has 0 spiro atoms. The van der Waals surface area contributed by atoms with Gasteiger partial charge in [-0.25, -0.2) is 8.78 Å². The van der Waals surface area contributed by atoms with Gasteiger partial charge in [0.05, 0.1) is 0 Å². The first-order valence-corrected chi connectivity index (χ1v) is 12.0. The zero-order valence-electron chi connectivity index (χ0n) is 18.2. The number of rotatable bonds is 4. The zero-order chi connectivity index (χ0) is 22.2. The van der Waals surface area contributed by atoms with Gasteiger partial charge in [0, 0.05) is 0 Å². The van der Waals surface area contributed by atoms with Gasteiger partial charge in [-0.05, 0) is 105 Å². The van der Waals surface area contributed by atoms with Crippen LogP contribution in [0.3, 0.4) is 0 Å². The number of hydrogen-bond donors (Lipinski definition) is 0. The molecule has 3 fully saturated rings. The summed E-state index contributed by atoms with van der Waals surface area (Å²) in [7, 11) is 0. The molecular formula is C25H33F5O. The van der Waals surface area contributed by atoms with Gasteiger partial charge in [-0.1, -0.05) is 26.2 Å². The second-order valence-corrected chi connectivity index (χ2v) is 10.2. The molecule has 0 amide bonds. The minimum atomic E-state index is -5.12. The van der Waals surface area contributed by atoms with Crippen molar-refractivity contribution in [2.75, 3.05) is 0 Å². The van der Waals surface area contributed by atoms with Crippen molar-refractivity contribution < 1.29 is 26.7 Å². The molecule has 0 heterocycles. The van der Waals surface area contributed by atoms with Crippen LogP contribution in [0, 0.1) is 41.2 Å². The van der Waals surface area contributed by atoms with Gasteiger partial charge >= 0.3 is 6.36 Å². The number of ether oxygens (including phenoxy) is 1. The molecule has 0 radical (unpaired) electrons. The average molecular weight is 445 g/mol. The van der Waals surface area contributed by atoms with Crippen molar-refractivity contribution >= 4 is 0 Å². The number of hydrogen-bond acceptors (Lipinski definition) is 1. The molecule has 4 rings (SSSR count). The highest BCUT2D eigenvalue weighted by Gasteiger charge is 2.40. The van der Waals surface area contributed by atoms with Gasteiger partial charge in [0.1, 0.15) is 0 Å². The Morgan fingerprint density at radius 3 is 1.87 bits per heavy atom. The van der Waals surface area contributed by atoms with Gasteiger partial charge in [0.2, 0.25) is 5.75 Å². The third-order valence-corrected chi connectivity index (χ3v) is 8.50. The summed E-state index contributed by atoms with van der Waals surface area (Å²) in [5, 5.41) is 0. The lowest BCUT2D eigenvalue weighted by molar-refractivity contribution is -0.276. The van der Waals surface area contributed by atoms with Crippen molar-refractivity contribution in [1.29, 1.82) is 0 Å². The molecule has 3 aliphatic rings. The summed E-state index contributed by atoms with van der Waals surface area (Å²) in [6.45, 7) is 2.29. The van der Waals surface area contributed by atoms with E-state index in [0.29, 0.717) is 17.4 Å². The molecule has 4 atom stereocenters. The van der Waals surface area contributed by atoms with Gasteiger partial charge in [0.15, 0.2) is 11.6 Å². The molecule has 3 aliphatic carbocycles. The first kappa shape index (κ1) is 22.8. The van der Waals surface area contributed by atoms with E-state index in [1.54, 1.807) is 0 Å². The van der Waals surface area contributed by atoms with Crippen LogP contribution in [0.15, 0.2) is 12.1 Å². The number of alkyl halides is 3. The van der Waals surface area contributed by atoms with Crippen molar-refractivity contribution in [3.05, 3.63) is 29.3 Å². The number of fused-ring (bicyclic) bond motifs is 1. The van der Waals surface area contributed by atoms with E-state index in [4.69, 9.17) is 0 Å². The molecule has 31 heavy (non-hydrogen) atoms. The summed E-state index contributed by atoms with van der Waals surface area (Å²) in [5.74, 6) is -0.0702. The number of benzene rings is 1. The molecule has 0 aromatic heterocycles. The predicted octanol–water partition coefficient (Wildman–Crippen LogP) is 8.38. The average Bonchev–Trinajstić information content (AvgIpc) is 2.75. The molecule has 3 saturated carbocycles. The van der Waals surface area contributed by atoms with Gasteiger partial charge in [-0.2, -0.15) is 0 Å². The highest BCUT2D eigenvalue weighted by molar-refractivity contribution is 5.33. The fourth-order valence-corrected chi connectivity index (χ4v) is 6.75. The molecule has 1 nitrogen and oxygen atoms in total. The van der Waals surface area contributed by atoms with Crippen LogP contribution in [0.5, 0.6) is 5.75 Å². The standard InChI is InChI=1S/C25H33F5O/c1-2-15-3-5-16(6-4-15)17-7-8-19-12-20(10-9-18(19)11-17)21-13-22(26)24(23(27)14-21)31-25(28,29)30/h13-20H,2-12H2,1H3. The van der Waals surface area contributed by atoms with Crippen molar-refractivity contribution in [3.8, 4) is 5.75 Å². The summed E-state index contributed by atoms with van der Waals surface area (Å²) >= 11 is 0. The molecule has 0 aliphatic heterocycles. The van der Waals surface area contributed by atoms with Crippen LogP contribution in [0.2, 0.25) is 0 Å². The molecule has 1 aromatic carbocycles. The van der Waals surface area contributed by atoms with Crippen molar-refractivity contribution in [1.82, 2.24) is 0 Å². The van der Waals surface area contributed by atoms with E-state index in [-0.39, 0.29) is 5.92 Å². The maximum absolute atomic E-state index is 14.2. The monoisotopic (exact) mass is 444 g/mol. The van der Waals surface area contributed by atoms with E-state index in [1.807, 2.05) is 0 Å². The molecule has 0 bridgehead atoms. The van der Waals surface area contributed by atoms with E-state index in [1.165, 1.54) is 51.4 Å². The molecule has 4 unspecified atom stereocenters. The summed E-state index contributed by atoms with van der Waals surface area (Å²) in [6, 6.07) is 2.07. The van der Waals surface area contributed by atoms with Crippen LogP contribution < -0.4 is 4.74 Å². The van der Waals surface area contributed by atoms with Crippen LogP contribution in [0.25, 0.3) is 0 Å². The van der Waals surface area contributed by atoms with Gasteiger partial charge in [-0.3, -0.25) is 0 Å². The summed E-state index contributed by atoms with van der Waals surface area (Å²) < 4.78 is 69.0. The van der Waals surface area contributed by atoms with Crippen LogP contribution in [-0.4, -0.2) is 6.36 Å². The minimum absolute atomic E-state index is 0.00160. The fraction of sp³-hybridized carbons (Fsp3) is 0.760. The molecule has 0 saturated heterocycles. The van der Waals surface area contributed by atoms with Crippen molar-refractivity contribution in [2.45, 2.75) is 89.8 Å². The second kappa shape index (κ2) is 9.27. The van der Waals surface area contributed by atoms with Crippen molar-refractivity contribution in [3.63, 3.8) is 0 Å². The number of halogens is 5. The summed E-state index contributed by atoms with van der Waals surface area (Å²) in [4.78, 5) is 0. The van der Waals surface area contributed by atoms with E-state index >= 15 is 0 Å². The Morgan fingerprint density at radius 1 is 0.774 bits per heavy atom. The summed E-state index contributed by atoms with van der Waals surface area (Å²) in [6.07, 6.45) is 8.12. The molecule has 174 valence electrons. The molecule has 0 N–H and O–H groups in total. The molecular weight excluding hydrogens is 411 g/mol. The smallest absolute Gasteiger partial charge is 0.399 e. The Morgan fingerprint density at radius 2 is 1.29 bits per heavy atom. The topological polar surface area (TPSA) is 9.23 Å². The Balaban J connectivity index is 1.36. The van der Waals surface area contributed by atoms with Gasteiger partial charge < -0.3 is 4.74 Å². The van der Waals surface area contributed by atoms with Crippen LogP contribution in [0.4, 0.5) is 22.0 Å². The van der Waals surface area contributed by atoms with Gasteiger partial charge in [0.25, 0.3) is 0 Å². The fourth-order valence-electron chi connectivity index (χ4n) is 6.75. The normalized spacial score (nSPS) is 34.3. The third-order valence-electron chi connectivity index (χ3n) is 8.50.